The highest BCUT2D eigenvalue weighted by Gasteiger charge is 2.23. The number of likely N-dealkylation sites (tertiary alicyclic amines) is 1. The number of carboxylic acids is 1. The van der Waals surface area contributed by atoms with Gasteiger partial charge in [0.05, 0.1) is 0 Å². The van der Waals surface area contributed by atoms with E-state index in [9.17, 15) is 4.79 Å². The molecule has 0 aliphatic carbocycles. The van der Waals surface area contributed by atoms with Crippen LogP contribution in [0.5, 0.6) is 0 Å². The molecule has 100 valence electrons. The Morgan fingerprint density at radius 1 is 1.50 bits per heavy atom. The van der Waals surface area contributed by atoms with E-state index in [0.29, 0.717) is 17.5 Å². The molecule has 1 aliphatic rings. The molecule has 1 saturated heterocycles. The fourth-order valence-electron chi connectivity index (χ4n) is 2.61. The Labute approximate surface area is 111 Å². The Morgan fingerprint density at radius 3 is 3.06 bits per heavy atom. The van der Waals surface area contributed by atoms with Crippen molar-refractivity contribution >= 4 is 17.3 Å². The van der Waals surface area contributed by atoms with Gasteiger partial charge in [0.2, 0.25) is 0 Å². The summed E-state index contributed by atoms with van der Waals surface area (Å²) in [4.78, 5) is 13.8. The van der Waals surface area contributed by atoms with Crippen molar-refractivity contribution in [2.75, 3.05) is 13.2 Å². The first-order valence-electron chi connectivity index (χ1n) is 6.37. The van der Waals surface area contributed by atoms with E-state index in [1.54, 1.807) is 0 Å². The molecule has 1 aliphatic heterocycles. The van der Waals surface area contributed by atoms with E-state index < -0.39 is 5.97 Å². The third-order valence-corrected chi connectivity index (χ3v) is 4.47. The monoisotopic (exact) mass is 269 g/mol. The van der Waals surface area contributed by atoms with Crippen molar-refractivity contribution in [1.29, 1.82) is 0 Å². The molecule has 1 aromatic rings. The number of aliphatic hydroxyl groups is 1. The predicted molar refractivity (Wildman–Crippen MR) is 71.0 cm³/mol. The van der Waals surface area contributed by atoms with Gasteiger partial charge in [-0.1, -0.05) is 6.42 Å². The first-order valence-corrected chi connectivity index (χ1v) is 7.25. The number of nitrogens with zero attached hydrogens (tertiary/aromatic N) is 1. The van der Waals surface area contributed by atoms with Gasteiger partial charge in [0.1, 0.15) is 4.88 Å². The van der Waals surface area contributed by atoms with Gasteiger partial charge in [-0.05, 0) is 42.8 Å². The quantitative estimate of drug-likeness (QED) is 0.860. The molecule has 5 heteroatoms. The fourth-order valence-corrected chi connectivity index (χ4v) is 3.36. The van der Waals surface area contributed by atoms with Crippen molar-refractivity contribution < 1.29 is 15.0 Å². The van der Waals surface area contributed by atoms with Crippen LogP contribution in [-0.4, -0.2) is 40.3 Å². The maximum Gasteiger partial charge on any atom is 0.346 e. The first kappa shape index (κ1) is 13.5. The van der Waals surface area contributed by atoms with Crippen LogP contribution in [0.2, 0.25) is 0 Å². The Kier molecular flexibility index (Phi) is 4.74. The van der Waals surface area contributed by atoms with Gasteiger partial charge < -0.3 is 10.2 Å². The summed E-state index contributed by atoms with van der Waals surface area (Å²) < 4.78 is 0. The average Bonchev–Trinajstić information content (AvgIpc) is 2.80. The number of thiophene rings is 1. The van der Waals surface area contributed by atoms with Crippen LogP contribution in [0.25, 0.3) is 0 Å². The van der Waals surface area contributed by atoms with E-state index in [0.717, 1.165) is 31.4 Å². The van der Waals surface area contributed by atoms with E-state index in [2.05, 4.69) is 4.90 Å². The number of hydrogen-bond donors (Lipinski definition) is 2. The van der Waals surface area contributed by atoms with Crippen LogP contribution in [0.3, 0.4) is 0 Å². The molecule has 1 aromatic heterocycles. The topological polar surface area (TPSA) is 60.8 Å². The second-order valence-electron chi connectivity index (χ2n) is 4.71. The molecule has 4 nitrogen and oxygen atoms in total. The molecule has 0 aromatic carbocycles. The molecular formula is C13H19NO3S. The van der Waals surface area contributed by atoms with Crippen molar-refractivity contribution in [3.8, 4) is 0 Å². The second kappa shape index (κ2) is 6.31. The molecule has 1 fully saturated rings. The Hall–Kier alpha value is -0.910. The zero-order chi connectivity index (χ0) is 13.0. The number of hydrogen-bond acceptors (Lipinski definition) is 4. The third-order valence-electron chi connectivity index (χ3n) is 3.53. The molecule has 0 amide bonds. The van der Waals surface area contributed by atoms with Gasteiger partial charge >= 0.3 is 5.97 Å². The zero-order valence-corrected chi connectivity index (χ0v) is 11.2. The van der Waals surface area contributed by atoms with Crippen LogP contribution in [0.4, 0.5) is 0 Å². The highest BCUT2D eigenvalue weighted by Crippen LogP contribution is 2.25. The van der Waals surface area contributed by atoms with Crippen LogP contribution in [0.1, 0.15) is 40.9 Å². The summed E-state index contributed by atoms with van der Waals surface area (Å²) in [6.45, 7) is 1.89. The molecular weight excluding hydrogens is 250 g/mol. The number of carbonyl (C=O) groups is 1. The normalized spacial score (nSPS) is 21.1. The van der Waals surface area contributed by atoms with Crippen LogP contribution in [0.15, 0.2) is 11.4 Å². The molecule has 2 N–H and O–H groups in total. The SMILES string of the molecule is O=C(O)c1sccc1CN1CCCCC1CCO. The largest absolute Gasteiger partial charge is 0.477 e. The number of carboxylic acid groups (broad SMARTS) is 1. The van der Waals surface area contributed by atoms with Crippen LogP contribution >= 0.6 is 11.3 Å². The summed E-state index contributed by atoms with van der Waals surface area (Å²) >= 11 is 1.29. The molecule has 1 atom stereocenters. The van der Waals surface area contributed by atoms with E-state index in [1.807, 2.05) is 11.4 Å². The predicted octanol–water partition coefficient (Wildman–Crippen LogP) is 2.18. The lowest BCUT2D eigenvalue weighted by molar-refractivity contribution is 0.0696. The van der Waals surface area contributed by atoms with Gasteiger partial charge in [0.25, 0.3) is 0 Å². The molecule has 0 saturated carbocycles. The van der Waals surface area contributed by atoms with E-state index >= 15 is 0 Å². The minimum absolute atomic E-state index is 0.205. The van der Waals surface area contributed by atoms with Gasteiger partial charge in [-0.15, -0.1) is 11.3 Å². The van der Waals surface area contributed by atoms with E-state index in [4.69, 9.17) is 10.2 Å². The lowest BCUT2D eigenvalue weighted by Gasteiger charge is -2.35. The maximum atomic E-state index is 11.1. The van der Waals surface area contributed by atoms with Crippen molar-refractivity contribution in [2.45, 2.75) is 38.3 Å². The number of piperidine rings is 1. The van der Waals surface area contributed by atoms with Gasteiger partial charge in [0, 0.05) is 19.2 Å². The van der Waals surface area contributed by atoms with E-state index in [1.165, 1.54) is 17.8 Å². The molecule has 0 spiro atoms. The summed E-state index contributed by atoms with van der Waals surface area (Å²) in [6, 6.07) is 2.30. The summed E-state index contributed by atoms with van der Waals surface area (Å²) in [5, 5.41) is 20.0. The summed E-state index contributed by atoms with van der Waals surface area (Å²) in [6.07, 6.45) is 4.25. The standard InChI is InChI=1S/C13H19NO3S/c15-7-4-11-3-1-2-6-14(11)9-10-5-8-18-12(10)13(16)17/h5,8,11,15H,1-4,6-7,9H2,(H,16,17). The minimum Gasteiger partial charge on any atom is -0.477 e. The van der Waals surface area contributed by atoms with Gasteiger partial charge in [-0.3, -0.25) is 4.90 Å². The van der Waals surface area contributed by atoms with Crippen molar-refractivity contribution in [3.05, 3.63) is 21.9 Å². The fraction of sp³-hybridized carbons (Fsp3) is 0.615. The third kappa shape index (κ3) is 3.10. The summed E-state index contributed by atoms with van der Waals surface area (Å²) in [5.41, 5.74) is 0.900. The Bertz CT molecular complexity index is 403. The van der Waals surface area contributed by atoms with Gasteiger partial charge in [0.15, 0.2) is 0 Å². The number of aromatic carboxylic acids is 1. The highest BCUT2D eigenvalue weighted by atomic mass is 32.1. The van der Waals surface area contributed by atoms with Crippen molar-refractivity contribution in [3.63, 3.8) is 0 Å². The lowest BCUT2D eigenvalue weighted by Crippen LogP contribution is -2.39. The van der Waals surface area contributed by atoms with Crippen LogP contribution in [0, 0.1) is 0 Å². The summed E-state index contributed by atoms with van der Waals surface area (Å²) in [5.74, 6) is -0.837. The van der Waals surface area contributed by atoms with Crippen LogP contribution < -0.4 is 0 Å². The Morgan fingerprint density at radius 2 is 2.33 bits per heavy atom. The first-order chi connectivity index (χ1) is 8.72. The molecule has 2 rings (SSSR count). The number of rotatable bonds is 5. The zero-order valence-electron chi connectivity index (χ0n) is 10.3. The number of aliphatic hydroxyl groups excluding tert-OH is 1. The highest BCUT2D eigenvalue weighted by molar-refractivity contribution is 7.12. The Balaban J connectivity index is 2.06. The van der Waals surface area contributed by atoms with Gasteiger partial charge in [-0.2, -0.15) is 0 Å². The van der Waals surface area contributed by atoms with Crippen molar-refractivity contribution in [1.82, 2.24) is 4.90 Å². The molecule has 0 bridgehead atoms. The van der Waals surface area contributed by atoms with E-state index in [-0.39, 0.29) is 6.61 Å². The molecule has 1 unspecified atom stereocenters. The molecule has 2 heterocycles. The minimum atomic E-state index is -0.837. The average molecular weight is 269 g/mol. The van der Waals surface area contributed by atoms with Crippen molar-refractivity contribution in [2.24, 2.45) is 0 Å². The molecule has 0 radical (unpaired) electrons. The molecule has 18 heavy (non-hydrogen) atoms. The smallest absolute Gasteiger partial charge is 0.346 e. The van der Waals surface area contributed by atoms with Gasteiger partial charge in [-0.25, -0.2) is 4.79 Å². The summed E-state index contributed by atoms with van der Waals surface area (Å²) in [7, 11) is 0. The second-order valence-corrected chi connectivity index (χ2v) is 5.63. The lowest BCUT2D eigenvalue weighted by atomic mass is 9.99. The van der Waals surface area contributed by atoms with Crippen LogP contribution in [-0.2, 0) is 6.54 Å². The maximum absolute atomic E-state index is 11.1.